The summed E-state index contributed by atoms with van der Waals surface area (Å²) < 4.78 is 0. The first kappa shape index (κ1) is 9.71. The molecule has 0 aliphatic heterocycles. The molecule has 1 aromatic carbocycles. The zero-order chi connectivity index (χ0) is 9.68. The third-order valence-electron chi connectivity index (χ3n) is 2.14. The van der Waals surface area contributed by atoms with Crippen LogP contribution in [0.15, 0.2) is 35.6 Å². The van der Waals surface area contributed by atoms with Crippen LogP contribution in [0.3, 0.4) is 0 Å². The molecule has 3 heteroatoms. The van der Waals surface area contributed by atoms with Crippen LogP contribution in [0.1, 0.15) is 12.5 Å². The summed E-state index contributed by atoms with van der Waals surface area (Å²) in [6.07, 6.45) is 0.850. The number of likely N-dealkylation sites (N-methyl/N-ethyl adjacent to an activating group) is 1. The Hall–Kier alpha value is -1.38. The molecule has 1 aromatic rings. The van der Waals surface area contributed by atoms with Gasteiger partial charge < -0.3 is 0 Å². The Morgan fingerprint density at radius 1 is 1.38 bits per heavy atom. The highest BCUT2D eigenvalue weighted by molar-refractivity contribution is 5.15. The van der Waals surface area contributed by atoms with Crippen molar-refractivity contribution in [2.45, 2.75) is 19.4 Å². The quantitative estimate of drug-likeness (QED) is 0.523. The summed E-state index contributed by atoms with van der Waals surface area (Å²) in [5.41, 5.74) is 1.23. The normalized spacial score (nSPS) is 12.2. The second-order valence-corrected chi connectivity index (χ2v) is 3.19. The number of hydrogen-bond donors (Lipinski definition) is 0. The topological polar surface area (TPSA) is 32.7 Å². The van der Waals surface area contributed by atoms with E-state index in [1.165, 1.54) is 10.6 Å². The SMILES string of the molecule is CC(Cc1ccccc1)N(C)N=O. The Labute approximate surface area is 78.3 Å². The summed E-state index contributed by atoms with van der Waals surface area (Å²) in [5, 5.41) is 4.31. The molecular weight excluding hydrogens is 164 g/mol. The highest BCUT2D eigenvalue weighted by atomic mass is 16.3. The van der Waals surface area contributed by atoms with E-state index in [4.69, 9.17) is 0 Å². The van der Waals surface area contributed by atoms with Crippen LogP contribution in [0, 0.1) is 4.91 Å². The average molecular weight is 178 g/mol. The predicted molar refractivity (Wildman–Crippen MR) is 53.2 cm³/mol. The van der Waals surface area contributed by atoms with Gasteiger partial charge in [0.15, 0.2) is 0 Å². The second kappa shape index (κ2) is 4.60. The van der Waals surface area contributed by atoms with E-state index >= 15 is 0 Å². The van der Waals surface area contributed by atoms with Crippen LogP contribution in [0.4, 0.5) is 0 Å². The highest BCUT2D eigenvalue weighted by Crippen LogP contribution is 2.06. The number of nitroso groups, excluding NO2 is 1. The second-order valence-electron chi connectivity index (χ2n) is 3.19. The molecule has 0 aliphatic carbocycles. The first-order chi connectivity index (χ1) is 6.24. The van der Waals surface area contributed by atoms with Gasteiger partial charge in [-0.2, -0.15) is 0 Å². The van der Waals surface area contributed by atoms with Crippen molar-refractivity contribution in [1.82, 2.24) is 5.01 Å². The van der Waals surface area contributed by atoms with Crippen molar-refractivity contribution in [3.63, 3.8) is 0 Å². The lowest BCUT2D eigenvalue weighted by Crippen LogP contribution is -2.25. The first-order valence-corrected chi connectivity index (χ1v) is 4.34. The molecule has 0 N–H and O–H groups in total. The van der Waals surface area contributed by atoms with Crippen LogP contribution < -0.4 is 0 Å². The Balaban J connectivity index is 2.54. The van der Waals surface area contributed by atoms with Gasteiger partial charge in [0.25, 0.3) is 0 Å². The van der Waals surface area contributed by atoms with Crippen molar-refractivity contribution in [1.29, 1.82) is 0 Å². The zero-order valence-corrected chi connectivity index (χ0v) is 7.97. The monoisotopic (exact) mass is 178 g/mol. The number of hydrogen-bond acceptors (Lipinski definition) is 2. The van der Waals surface area contributed by atoms with Crippen molar-refractivity contribution >= 4 is 0 Å². The molecule has 70 valence electrons. The summed E-state index contributed by atoms with van der Waals surface area (Å²) in [4.78, 5) is 10.2. The van der Waals surface area contributed by atoms with Gasteiger partial charge in [0, 0.05) is 7.05 Å². The molecule has 0 amide bonds. The van der Waals surface area contributed by atoms with Gasteiger partial charge >= 0.3 is 0 Å². The van der Waals surface area contributed by atoms with Gasteiger partial charge in [-0.15, -0.1) is 4.91 Å². The number of nitrogens with zero attached hydrogens (tertiary/aromatic N) is 2. The maximum absolute atomic E-state index is 10.2. The van der Waals surface area contributed by atoms with Crippen molar-refractivity contribution in [2.75, 3.05) is 7.05 Å². The third-order valence-corrected chi connectivity index (χ3v) is 2.14. The van der Waals surface area contributed by atoms with Gasteiger partial charge in [0.1, 0.15) is 0 Å². The summed E-state index contributed by atoms with van der Waals surface area (Å²) in [6.45, 7) is 1.98. The smallest absolute Gasteiger partial charge is 0.0523 e. The molecule has 3 nitrogen and oxygen atoms in total. The fourth-order valence-corrected chi connectivity index (χ4v) is 1.17. The van der Waals surface area contributed by atoms with E-state index in [-0.39, 0.29) is 6.04 Å². The third kappa shape index (κ3) is 2.86. The molecule has 0 spiro atoms. The van der Waals surface area contributed by atoms with E-state index in [2.05, 4.69) is 17.4 Å². The van der Waals surface area contributed by atoms with Gasteiger partial charge in [-0.05, 0) is 18.9 Å². The molecule has 0 aliphatic rings. The number of benzene rings is 1. The van der Waals surface area contributed by atoms with Crippen LogP contribution in [-0.2, 0) is 6.42 Å². The van der Waals surface area contributed by atoms with E-state index in [9.17, 15) is 4.91 Å². The summed E-state index contributed by atoms with van der Waals surface area (Å²) in [6, 6.07) is 10.2. The number of rotatable bonds is 4. The molecule has 0 aromatic heterocycles. The fourth-order valence-electron chi connectivity index (χ4n) is 1.17. The van der Waals surface area contributed by atoms with Crippen LogP contribution in [-0.4, -0.2) is 18.1 Å². The summed E-state index contributed by atoms with van der Waals surface area (Å²) >= 11 is 0. The highest BCUT2D eigenvalue weighted by Gasteiger charge is 2.07. The minimum Gasteiger partial charge on any atom is -0.261 e. The van der Waals surface area contributed by atoms with Crippen molar-refractivity contribution in [3.8, 4) is 0 Å². The molecule has 1 unspecified atom stereocenters. The molecule has 13 heavy (non-hydrogen) atoms. The van der Waals surface area contributed by atoms with E-state index in [1.54, 1.807) is 7.05 Å². The first-order valence-electron chi connectivity index (χ1n) is 4.34. The van der Waals surface area contributed by atoms with Crippen LogP contribution in [0.25, 0.3) is 0 Å². The summed E-state index contributed by atoms with van der Waals surface area (Å²) in [5.74, 6) is 0. The maximum Gasteiger partial charge on any atom is 0.0523 e. The fraction of sp³-hybridized carbons (Fsp3) is 0.400. The Bertz CT molecular complexity index is 261. The molecule has 0 radical (unpaired) electrons. The maximum atomic E-state index is 10.2. The standard InChI is InChI=1S/C10H14N2O/c1-9(12(2)11-13)8-10-6-4-3-5-7-10/h3-7,9H,8H2,1-2H3. The van der Waals surface area contributed by atoms with E-state index in [0.29, 0.717) is 0 Å². The van der Waals surface area contributed by atoms with Gasteiger partial charge in [-0.1, -0.05) is 30.3 Å². The molecule has 0 saturated heterocycles. The molecule has 0 heterocycles. The molecule has 0 bridgehead atoms. The Morgan fingerprint density at radius 3 is 2.54 bits per heavy atom. The van der Waals surface area contributed by atoms with Gasteiger partial charge in [-0.25, -0.2) is 0 Å². The van der Waals surface area contributed by atoms with Crippen molar-refractivity contribution in [2.24, 2.45) is 5.29 Å². The van der Waals surface area contributed by atoms with Crippen molar-refractivity contribution in [3.05, 3.63) is 40.8 Å². The van der Waals surface area contributed by atoms with E-state index in [1.807, 2.05) is 25.1 Å². The van der Waals surface area contributed by atoms with Gasteiger partial charge in [0.2, 0.25) is 0 Å². The van der Waals surface area contributed by atoms with Crippen LogP contribution >= 0.6 is 0 Å². The lowest BCUT2D eigenvalue weighted by Gasteiger charge is -2.17. The largest absolute Gasteiger partial charge is 0.261 e. The van der Waals surface area contributed by atoms with Crippen molar-refractivity contribution < 1.29 is 0 Å². The lowest BCUT2D eigenvalue weighted by molar-refractivity contribution is 0.265. The lowest BCUT2D eigenvalue weighted by atomic mass is 10.1. The molecule has 0 fully saturated rings. The average Bonchev–Trinajstić information content (AvgIpc) is 2.18. The van der Waals surface area contributed by atoms with Crippen LogP contribution in [0.2, 0.25) is 0 Å². The van der Waals surface area contributed by atoms with Crippen LogP contribution in [0.5, 0.6) is 0 Å². The summed E-state index contributed by atoms with van der Waals surface area (Å²) in [7, 11) is 1.70. The van der Waals surface area contributed by atoms with E-state index in [0.717, 1.165) is 6.42 Å². The zero-order valence-electron chi connectivity index (χ0n) is 7.97. The molecule has 1 rings (SSSR count). The van der Waals surface area contributed by atoms with E-state index < -0.39 is 0 Å². The van der Waals surface area contributed by atoms with Gasteiger partial charge in [0.05, 0.1) is 11.3 Å². The predicted octanol–water partition coefficient (Wildman–Crippen LogP) is 2.23. The van der Waals surface area contributed by atoms with Gasteiger partial charge in [-0.3, -0.25) is 5.01 Å². The Morgan fingerprint density at radius 2 is 2.00 bits per heavy atom. The minimum atomic E-state index is 0.153. The molecule has 1 atom stereocenters. The Kier molecular flexibility index (Phi) is 3.43. The minimum absolute atomic E-state index is 0.153. The molecular formula is C10H14N2O. The molecule has 0 saturated carbocycles.